The number of ether oxygens (including phenoxy) is 2. The number of nitrogens with one attached hydrogen (secondary N) is 2. The first-order valence-electron chi connectivity index (χ1n) is 8.05. The molecule has 0 fully saturated rings. The van der Waals surface area contributed by atoms with Crippen LogP contribution in [0.15, 0.2) is 29.5 Å². The van der Waals surface area contributed by atoms with Crippen molar-refractivity contribution in [2.24, 2.45) is 10.4 Å². The fraction of sp³-hybridized carbons (Fsp3) is 0.647. The summed E-state index contributed by atoms with van der Waals surface area (Å²) in [5.74, 6) is 1.54. The molecule has 0 aliphatic carbocycles. The number of nitrogens with zero attached hydrogens (tertiary/aromatic N) is 2. The summed E-state index contributed by atoms with van der Waals surface area (Å²) in [6.07, 6.45) is 3.50. The van der Waals surface area contributed by atoms with E-state index in [4.69, 9.17) is 9.47 Å². The van der Waals surface area contributed by atoms with E-state index in [0.717, 1.165) is 18.3 Å². The molecule has 1 aromatic heterocycles. The first-order valence-corrected chi connectivity index (χ1v) is 8.05. The van der Waals surface area contributed by atoms with Crippen LogP contribution in [0, 0.1) is 5.41 Å². The monoisotopic (exact) mass is 450 g/mol. The van der Waals surface area contributed by atoms with Crippen LogP contribution in [-0.4, -0.2) is 50.4 Å². The van der Waals surface area contributed by atoms with Crippen LogP contribution in [0.5, 0.6) is 5.75 Å². The molecule has 7 heteroatoms. The summed E-state index contributed by atoms with van der Waals surface area (Å²) < 4.78 is 11.1. The quantitative estimate of drug-likeness (QED) is 0.276. The second-order valence-electron chi connectivity index (χ2n) is 6.27. The van der Waals surface area contributed by atoms with Crippen LogP contribution in [0.4, 0.5) is 0 Å². The lowest BCUT2D eigenvalue weighted by Gasteiger charge is -2.28. The number of hydrogen-bond donors (Lipinski definition) is 2. The van der Waals surface area contributed by atoms with Crippen LogP contribution in [-0.2, 0) is 4.74 Å². The highest BCUT2D eigenvalue weighted by Gasteiger charge is 2.23. The molecule has 0 radical (unpaired) electrons. The molecular formula is C17H31IN4O2. The zero-order valence-electron chi connectivity index (χ0n) is 15.3. The van der Waals surface area contributed by atoms with Gasteiger partial charge in [-0.15, -0.1) is 24.0 Å². The number of methoxy groups -OCH3 is 1. The van der Waals surface area contributed by atoms with Gasteiger partial charge in [-0.25, -0.2) is 0 Å². The summed E-state index contributed by atoms with van der Waals surface area (Å²) in [5, 5.41) is 6.49. The van der Waals surface area contributed by atoms with Gasteiger partial charge in [-0.2, -0.15) is 0 Å². The fourth-order valence-electron chi connectivity index (χ4n) is 1.99. The smallest absolute Gasteiger partial charge is 0.191 e. The highest BCUT2D eigenvalue weighted by atomic mass is 127. The van der Waals surface area contributed by atoms with Crippen molar-refractivity contribution < 1.29 is 9.47 Å². The van der Waals surface area contributed by atoms with Crippen molar-refractivity contribution in [3.63, 3.8) is 0 Å². The van der Waals surface area contributed by atoms with Crippen molar-refractivity contribution in [1.29, 1.82) is 0 Å². The highest BCUT2D eigenvalue weighted by molar-refractivity contribution is 14.0. The molecule has 6 nitrogen and oxygen atoms in total. The summed E-state index contributed by atoms with van der Waals surface area (Å²) in [6, 6.07) is 3.74. The summed E-state index contributed by atoms with van der Waals surface area (Å²) in [6.45, 7) is 11.1. The van der Waals surface area contributed by atoms with Gasteiger partial charge < -0.3 is 20.1 Å². The number of guanidine groups is 1. The van der Waals surface area contributed by atoms with E-state index < -0.39 is 0 Å². The lowest BCUT2D eigenvalue weighted by Crippen LogP contribution is -2.41. The largest absolute Gasteiger partial charge is 0.490 e. The molecular weight excluding hydrogens is 419 g/mol. The zero-order chi connectivity index (χ0) is 17.1. The molecule has 0 aliphatic rings. The maximum Gasteiger partial charge on any atom is 0.191 e. The molecule has 0 saturated carbocycles. The molecule has 0 saturated heterocycles. The Bertz CT molecular complexity index is 463. The maximum absolute atomic E-state index is 5.60. The Balaban J connectivity index is 0.00000529. The number of halogens is 1. The average Bonchev–Trinajstić information content (AvgIpc) is 2.51. The van der Waals surface area contributed by atoms with Crippen molar-refractivity contribution in [1.82, 2.24) is 15.6 Å². The van der Waals surface area contributed by atoms with Crippen molar-refractivity contribution in [2.45, 2.75) is 33.8 Å². The molecule has 24 heavy (non-hydrogen) atoms. The standard InChI is InChI=1S/C17H30N4O2.HI/c1-6-19-16(21-13-15(22-5)17(2,3)4)20-10-11-23-14-8-7-9-18-12-14;/h7-9,12,15H,6,10-11,13H2,1-5H3,(H2,19,20,21);1H. The van der Waals surface area contributed by atoms with E-state index in [0.29, 0.717) is 19.7 Å². The third kappa shape index (κ3) is 9.27. The maximum atomic E-state index is 5.60. The Kier molecular flexibility index (Phi) is 11.7. The Hall–Kier alpha value is -1.09. The Morgan fingerprint density at radius 2 is 2.08 bits per heavy atom. The number of aliphatic imine (C=N–C) groups is 1. The number of aromatic nitrogens is 1. The van der Waals surface area contributed by atoms with E-state index in [-0.39, 0.29) is 35.5 Å². The minimum atomic E-state index is 0. The Morgan fingerprint density at radius 1 is 1.33 bits per heavy atom. The lowest BCUT2D eigenvalue weighted by molar-refractivity contribution is 0.0241. The van der Waals surface area contributed by atoms with Crippen molar-refractivity contribution >= 4 is 29.9 Å². The minimum absolute atomic E-state index is 0. The van der Waals surface area contributed by atoms with E-state index in [1.165, 1.54) is 0 Å². The first kappa shape index (κ1) is 22.9. The van der Waals surface area contributed by atoms with Gasteiger partial charge in [-0.1, -0.05) is 20.8 Å². The Labute approximate surface area is 162 Å². The Morgan fingerprint density at radius 3 is 2.62 bits per heavy atom. The minimum Gasteiger partial charge on any atom is -0.490 e. The van der Waals surface area contributed by atoms with Crippen molar-refractivity contribution in [2.75, 3.05) is 33.4 Å². The van der Waals surface area contributed by atoms with Gasteiger partial charge in [0.15, 0.2) is 5.96 Å². The second kappa shape index (κ2) is 12.3. The third-order valence-corrected chi connectivity index (χ3v) is 3.31. The summed E-state index contributed by atoms with van der Waals surface area (Å²) >= 11 is 0. The predicted molar refractivity (Wildman–Crippen MR) is 109 cm³/mol. The van der Waals surface area contributed by atoms with E-state index >= 15 is 0 Å². The van der Waals surface area contributed by atoms with Gasteiger partial charge in [0, 0.05) is 19.9 Å². The predicted octanol–water partition coefficient (Wildman–Crippen LogP) is 2.69. The van der Waals surface area contributed by atoms with Crippen LogP contribution in [0.2, 0.25) is 0 Å². The zero-order valence-corrected chi connectivity index (χ0v) is 17.7. The van der Waals surface area contributed by atoms with Crippen LogP contribution < -0.4 is 15.4 Å². The normalized spacial score (nSPS) is 13.0. The van der Waals surface area contributed by atoms with Crippen molar-refractivity contribution in [3.8, 4) is 5.75 Å². The van der Waals surface area contributed by atoms with Crippen LogP contribution in [0.1, 0.15) is 27.7 Å². The first-order chi connectivity index (χ1) is 11.0. The van der Waals surface area contributed by atoms with E-state index in [1.54, 1.807) is 19.5 Å². The third-order valence-electron chi connectivity index (χ3n) is 3.31. The van der Waals surface area contributed by atoms with E-state index in [1.807, 2.05) is 19.1 Å². The second-order valence-corrected chi connectivity index (χ2v) is 6.27. The summed E-state index contributed by atoms with van der Waals surface area (Å²) in [5.41, 5.74) is 0.0546. The van der Waals surface area contributed by atoms with Gasteiger partial charge in [-0.3, -0.25) is 9.98 Å². The van der Waals surface area contributed by atoms with Crippen LogP contribution >= 0.6 is 24.0 Å². The topological polar surface area (TPSA) is 67.8 Å². The molecule has 1 rings (SSSR count). The SMILES string of the molecule is CCNC(=NCC(OC)C(C)(C)C)NCCOc1cccnc1.I. The van der Waals surface area contributed by atoms with Crippen LogP contribution in [0.25, 0.3) is 0 Å². The molecule has 0 aliphatic heterocycles. The van der Waals surface area contributed by atoms with Crippen molar-refractivity contribution in [3.05, 3.63) is 24.5 Å². The molecule has 0 bridgehead atoms. The molecule has 1 aromatic rings. The summed E-state index contributed by atoms with van der Waals surface area (Å²) in [7, 11) is 1.73. The number of rotatable bonds is 8. The lowest BCUT2D eigenvalue weighted by atomic mass is 9.89. The molecule has 0 amide bonds. The molecule has 1 unspecified atom stereocenters. The molecule has 1 heterocycles. The molecule has 138 valence electrons. The van der Waals surface area contributed by atoms with Gasteiger partial charge in [0.05, 0.1) is 25.4 Å². The van der Waals surface area contributed by atoms with Gasteiger partial charge in [0.1, 0.15) is 12.4 Å². The molecule has 0 spiro atoms. The summed E-state index contributed by atoms with van der Waals surface area (Å²) in [4.78, 5) is 8.61. The van der Waals surface area contributed by atoms with Crippen LogP contribution in [0.3, 0.4) is 0 Å². The molecule has 1 atom stereocenters. The fourth-order valence-corrected chi connectivity index (χ4v) is 1.99. The van der Waals surface area contributed by atoms with Gasteiger partial charge in [0.25, 0.3) is 0 Å². The molecule has 2 N–H and O–H groups in total. The van der Waals surface area contributed by atoms with Gasteiger partial charge in [0.2, 0.25) is 0 Å². The number of pyridine rings is 1. The van der Waals surface area contributed by atoms with E-state index in [2.05, 4.69) is 41.4 Å². The van der Waals surface area contributed by atoms with Gasteiger partial charge in [-0.05, 0) is 24.5 Å². The highest BCUT2D eigenvalue weighted by Crippen LogP contribution is 2.21. The molecule has 0 aromatic carbocycles. The van der Waals surface area contributed by atoms with E-state index in [9.17, 15) is 0 Å². The van der Waals surface area contributed by atoms with Gasteiger partial charge >= 0.3 is 0 Å². The number of hydrogen-bond acceptors (Lipinski definition) is 4. The average molecular weight is 450 g/mol.